The maximum Gasteiger partial charge on any atom is 0.310 e. The number of hydrogen-bond acceptors (Lipinski definition) is 5. The van der Waals surface area contributed by atoms with Crippen LogP contribution in [0, 0.1) is 10.1 Å². The van der Waals surface area contributed by atoms with Gasteiger partial charge in [-0.05, 0) is 37.3 Å². The van der Waals surface area contributed by atoms with Crippen molar-refractivity contribution >= 4 is 17.3 Å². The summed E-state index contributed by atoms with van der Waals surface area (Å²) in [6.07, 6.45) is 0.732. The fourth-order valence-corrected chi connectivity index (χ4v) is 1.99. The molecule has 130 valence electrons. The molecule has 7 nitrogen and oxygen atoms in total. The minimum absolute atomic E-state index is 0.0447. The quantitative estimate of drug-likeness (QED) is 0.450. The second-order valence-electron chi connectivity index (χ2n) is 5.10. The maximum absolute atomic E-state index is 12.2. The van der Waals surface area contributed by atoms with E-state index in [1.54, 1.807) is 36.4 Å². The average molecular weight is 342 g/mol. The summed E-state index contributed by atoms with van der Waals surface area (Å²) < 4.78 is 10.8. The van der Waals surface area contributed by atoms with E-state index in [9.17, 15) is 14.9 Å². The number of nitrogens with zero attached hydrogens (tertiary/aromatic N) is 1. The Morgan fingerprint density at radius 1 is 1.28 bits per heavy atom. The van der Waals surface area contributed by atoms with Gasteiger partial charge in [-0.25, -0.2) is 0 Å². The summed E-state index contributed by atoms with van der Waals surface area (Å²) in [5, 5.41) is 13.7. The topological polar surface area (TPSA) is 90.7 Å². The number of nitro groups is 1. The molecule has 2 rings (SSSR count). The zero-order valence-corrected chi connectivity index (χ0v) is 13.7. The monoisotopic (exact) mass is 342 g/mol. The van der Waals surface area contributed by atoms with E-state index in [-0.39, 0.29) is 11.4 Å². The Morgan fingerprint density at radius 3 is 2.60 bits per heavy atom. The summed E-state index contributed by atoms with van der Waals surface area (Å²) in [5.41, 5.74) is 0.375. The largest absolute Gasteiger partial charge is 0.490 e. The highest BCUT2D eigenvalue weighted by Gasteiger charge is 2.20. The van der Waals surface area contributed by atoms with Crippen LogP contribution in [0.1, 0.15) is 6.92 Å². The minimum atomic E-state index is -0.905. The number of amides is 1. The van der Waals surface area contributed by atoms with Crippen molar-refractivity contribution in [2.45, 2.75) is 13.0 Å². The second kappa shape index (κ2) is 8.49. The third kappa shape index (κ3) is 5.07. The van der Waals surface area contributed by atoms with E-state index in [1.165, 1.54) is 25.1 Å². The van der Waals surface area contributed by atoms with Crippen molar-refractivity contribution in [3.63, 3.8) is 0 Å². The lowest BCUT2D eigenvalue weighted by atomic mass is 10.2. The molecule has 7 heteroatoms. The number of para-hydroxylation sites is 2. The number of rotatable bonds is 8. The molecule has 2 aromatic carbocycles. The van der Waals surface area contributed by atoms with Crippen molar-refractivity contribution in [1.82, 2.24) is 0 Å². The molecular formula is C18H18N2O5. The fourth-order valence-electron chi connectivity index (χ4n) is 1.99. The fraction of sp³-hybridized carbons (Fsp3) is 0.167. The molecule has 0 saturated carbocycles. The standard InChI is InChI=1S/C18H18N2O5/c1-3-12-24-15-10-8-14(9-11-15)19-18(21)13(2)25-17-7-5-4-6-16(17)20(22)23/h3-11,13H,1,12H2,2H3,(H,19,21). The van der Waals surface area contributed by atoms with Crippen LogP contribution in [0.25, 0.3) is 0 Å². The Bertz CT molecular complexity index is 758. The highest BCUT2D eigenvalue weighted by Crippen LogP contribution is 2.27. The molecule has 0 radical (unpaired) electrons. The molecule has 0 spiro atoms. The van der Waals surface area contributed by atoms with Gasteiger partial charge in [-0.1, -0.05) is 24.8 Å². The number of anilines is 1. The number of ether oxygens (including phenoxy) is 2. The van der Waals surface area contributed by atoms with Gasteiger partial charge in [-0.15, -0.1) is 0 Å². The van der Waals surface area contributed by atoms with Gasteiger partial charge in [0.1, 0.15) is 12.4 Å². The van der Waals surface area contributed by atoms with Crippen molar-refractivity contribution < 1.29 is 19.2 Å². The molecule has 2 aromatic rings. The summed E-state index contributed by atoms with van der Waals surface area (Å²) in [7, 11) is 0. The van der Waals surface area contributed by atoms with E-state index in [2.05, 4.69) is 11.9 Å². The van der Waals surface area contributed by atoms with Crippen LogP contribution in [0.15, 0.2) is 61.2 Å². The molecule has 0 aliphatic heterocycles. The molecule has 1 amide bonds. The van der Waals surface area contributed by atoms with Crippen LogP contribution in [0.3, 0.4) is 0 Å². The van der Waals surface area contributed by atoms with E-state index >= 15 is 0 Å². The Hall–Kier alpha value is -3.35. The van der Waals surface area contributed by atoms with Crippen LogP contribution in [0.2, 0.25) is 0 Å². The van der Waals surface area contributed by atoms with Gasteiger partial charge in [0.05, 0.1) is 4.92 Å². The van der Waals surface area contributed by atoms with E-state index < -0.39 is 16.9 Å². The first kappa shape index (κ1) is 18.0. The van der Waals surface area contributed by atoms with E-state index in [0.717, 1.165) is 0 Å². The molecule has 25 heavy (non-hydrogen) atoms. The molecule has 0 bridgehead atoms. The summed E-state index contributed by atoms with van der Waals surface area (Å²) in [4.78, 5) is 22.6. The van der Waals surface area contributed by atoms with Gasteiger partial charge in [0.25, 0.3) is 5.91 Å². The first-order chi connectivity index (χ1) is 12.0. The Kier molecular flexibility index (Phi) is 6.11. The lowest BCUT2D eigenvalue weighted by Gasteiger charge is -2.15. The van der Waals surface area contributed by atoms with Crippen LogP contribution in [0.5, 0.6) is 11.5 Å². The number of hydrogen-bond donors (Lipinski definition) is 1. The van der Waals surface area contributed by atoms with Gasteiger partial charge in [0.2, 0.25) is 0 Å². The summed E-state index contributed by atoms with van der Waals surface area (Å²) in [5.74, 6) is 0.281. The summed E-state index contributed by atoms with van der Waals surface area (Å²) in [6, 6.07) is 12.7. The van der Waals surface area contributed by atoms with Crippen molar-refractivity contribution in [3.05, 3.63) is 71.3 Å². The average Bonchev–Trinajstić information content (AvgIpc) is 2.61. The van der Waals surface area contributed by atoms with Crippen molar-refractivity contribution in [3.8, 4) is 11.5 Å². The highest BCUT2D eigenvalue weighted by atomic mass is 16.6. The van der Waals surface area contributed by atoms with Gasteiger partial charge in [0, 0.05) is 11.8 Å². The Balaban J connectivity index is 1.98. The van der Waals surface area contributed by atoms with Crippen molar-refractivity contribution in [2.75, 3.05) is 11.9 Å². The maximum atomic E-state index is 12.2. The zero-order chi connectivity index (χ0) is 18.2. The molecule has 0 fully saturated rings. The number of carbonyl (C=O) groups is 1. The predicted octanol–water partition coefficient (Wildman–Crippen LogP) is 3.57. The highest BCUT2D eigenvalue weighted by molar-refractivity contribution is 5.94. The van der Waals surface area contributed by atoms with Crippen molar-refractivity contribution in [2.24, 2.45) is 0 Å². The smallest absolute Gasteiger partial charge is 0.310 e. The third-order valence-corrected chi connectivity index (χ3v) is 3.22. The molecule has 1 N–H and O–H groups in total. The number of nitro benzene ring substituents is 1. The first-order valence-corrected chi connectivity index (χ1v) is 7.56. The molecule has 0 aliphatic carbocycles. The summed E-state index contributed by atoms with van der Waals surface area (Å²) >= 11 is 0. The Morgan fingerprint density at radius 2 is 1.96 bits per heavy atom. The van der Waals surface area contributed by atoms with Crippen LogP contribution >= 0.6 is 0 Å². The third-order valence-electron chi connectivity index (χ3n) is 3.22. The van der Waals surface area contributed by atoms with Crippen LogP contribution in [-0.2, 0) is 4.79 Å². The van der Waals surface area contributed by atoms with Gasteiger partial charge >= 0.3 is 5.69 Å². The summed E-state index contributed by atoms with van der Waals surface area (Å²) in [6.45, 7) is 5.48. The normalized spacial score (nSPS) is 11.2. The number of nitrogens with one attached hydrogen (secondary N) is 1. The number of carbonyl (C=O) groups excluding carboxylic acids is 1. The lowest BCUT2D eigenvalue weighted by molar-refractivity contribution is -0.386. The zero-order valence-electron chi connectivity index (χ0n) is 13.7. The molecule has 0 saturated heterocycles. The molecule has 0 aliphatic rings. The van der Waals surface area contributed by atoms with E-state index in [4.69, 9.17) is 9.47 Å². The van der Waals surface area contributed by atoms with Gasteiger partial charge in [0.15, 0.2) is 11.9 Å². The number of benzene rings is 2. The van der Waals surface area contributed by atoms with Crippen LogP contribution in [-0.4, -0.2) is 23.5 Å². The predicted molar refractivity (Wildman–Crippen MR) is 94.0 cm³/mol. The first-order valence-electron chi connectivity index (χ1n) is 7.56. The molecule has 1 unspecified atom stereocenters. The molecule has 1 atom stereocenters. The second-order valence-corrected chi connectivity index (χ2v) is 5.10. The van der Waals surface area contributed by atoms with Gasteiger partial charge < -0.3 is 14.8 Å². The molecular weight excluding hydrogens is 324 g/mol. The Labute approximate surface area is 145 Å². The lowest BCUT2D eigenvalue weighted by Crippen LogP contribution is -2.30. The minimum Gasteiger partial charge on any atom is -0.490 e. The van der Waals surface area contributed by atoms with E-state index in [0.29, 0.717) is 18.0 Å². The van der Waals surface area contributed by atoms with Crippen LogP contribution in [0.4, 0.5) is 11.4 Å². The van der Waals surface area contributed by atoms with Gasteiger partial charge in [-0.2, -0.15) is 0 Å². The molecule has 0 heterocycles. The van der Waals surface area contributed by atoms with E-state index in [1.807, 2.05) is 0 Å². The van der Waals surface area contributed by atoms with Crippen molar-refractivity contribution in [1.29, 1.82) is 0 Å². The molecule has 0 aromatic heterocycles. The van der Waals surface area contributed by atoms with Crippen LogP contribution < -0.4 is 14.8 Å². The SMILES string of the molecule is C=CCOc1ccc(NC(=O)C(C)Oc2ccccc2[N+](=O)[O-])cc1. The van der Waals surface area contributed by atoms with Gasteiger partial charge in [-0.3, -0.25) is 14.9 Å².